The molecule has 0 bridgehead atoms. The number of aromatic amines is 2. The van der Waals surface area contributed by atoms with Crippen LogP contribution >= 0.6 is 0 Å². The summed E-state index contributed by atoms with van der Waals surface area (Å²) in [5.41, 5.74) is 0.789. The number of H-pyrrole nitrogens is 2. The lowest BCUT2D eigenvalue weighted by molar-refractivity contribution is 0.170. The van der Waals surface area contributed by atoms with Crippen molar-refractivity contribution >= 4 is 23.6 Å². The van der Waals surface area contributed by atoms with Gasteiger partial charge in [-0.25, -0.2) is 9.59 Å². The molecule has 2 aromatic heterocycles. The Morgan fingerprint density at radius 1 is 1.00 bits per heavy atom. The first-order chi connectivity index (χ1) is 8.24. The Bertz CT molecular complexity index is 445. The molecule has 0 atom stereocenters. The lowest BCUT2D eigenvalue weighted by Crippen LogP contribution is -2.22. The third-order valence-electron chi connectivity index (χ3n) is 1.67. The van der Waals surface area contributed by atoms with Crippen LogP contribution in [-0.4, -0.2) is 32.6 Å². The number of amides is 2. The van der Waals surface area contributed by atoms with Crippen molar-refractivity contribution in [2.75, 3.05) is 10.6 Å². The summed E-state index contributed by atoms with van der Waals surface area (Å²) < 4.78 is 4.41. The monoisotopic (exact) mass is 236 g/mol. The Balaban J connectivity index is 1.80. The molecule has 0 aliphatic rings. The van der Waals surface area contributed by atoms with E-state index in [1.54, 1.807) is 0 Å². The van der Waals surface area contributed by atoms with Gasteiger partial charge in [-0.05, 0) is 0 Å². The highest BCUT2D eigenvalue weighted by molar-refractivity contribution is 5.97. The van der Waals surface area contributed by atoms with E-state index < -0.39 is 12.2 Å². The molecular formula is C8H8N6O3. The van der Waals surface area contributed by atoms with Crippen molar-refractivity contribution in [1.82, 2.24) is 20.4 Å². The number of rotatable bonds is 2. The first-order valence-electron chi connectivity index (χ1n) is 4.51. The highest BCUT2D eigenvalue weighted by Crippen LogP contribution is 2.04. The molecule has 9 nitrogen and oxygen atoms in total. The molecule has 9 heteroatoms. The van der Waals surface area contributed by atoms with Crippen LogP contribution in [0.15, 0.2) is 24.8 Å². The molecule has 4 N–H and O–H groups in total. The van der Waals surface area contributed by atoms with Crippen LogP contribution in [0.1, 0.15) is 0 Å². The minimum absolute atomic E-state index is 0.395. The van der Waals surface area contributed by atoms with Crippen molar-refractivity contribution in [1.29, 1.82) is 0 Å². The number of ether oxygens (including phenoxy) is 1. The molecule has 0 spiro atoms. The Hall–Kier alpha value is -2.84. The van der Waals surface area contributed by atoms with Crippen LogP contribution in [0, 0.1) is 0 Å². The Morgan fingerprint density at radius 2 is 1.47 bits per heavy atom. The average molecular weight is 236 g/mol. The highest BCUT2D eigenvalue weighted by Gasteiger charge is 2.11. The lowest BCUT2D eigenvalue weighted by atomic mass is 10.6. The molecule has 88 valence electrons. The van der Waals surface area contributed by atoms with Gasteiger partial charge >= 0.3 is 12.2 Å². The van der Waals surface area contributed by atoms with E-state index in [0.29, 0.717) is 11.4 Å². The van der Waals surface area contributed by atoms with Gasteiger partial charge in [-0.2, -0.15) is 10.2 Å². The number of anilines is 2. The van der Waals surface area contributed by atoms with Crippen molar-refractivity contribution < 1.29 is 14.3 Å². The molecule has 2 aromatic rings. The third-order valence-corrected chi connectivity index (χ3v) is 1.67. The van der Waals surface area contributed by atoms with Crippen LogP contribution in [0.5, 0.6) is 0 Å². The first kappa shape index (κ1) is 10.7. The molecule has 0 saturated carbocycles. The minimum Gasteiger partial charge on any atom is -0.359 e. The standard InChI is InChI=1S/C8H8N6O3/c15-7(13-5-1-9-10-2-5)17-8(16)14-6-3-11-12-4-6/h1-4H,(H,9,10)(H,11,12)(H,13,15)(H,14,16). The van der Waals surface area contributed by atoms with Crippen LogP contribution in [0.4, 0.5) is 21.0 Å². The van der Waals surface area contributed by atoms with Crippen LogP contribution < -0.4 is 10.6 Å². The van der Waals surface area contributed by atoms with Crippen LogP contribution in [-0.2, 0) is 4.74 Å². The summed E-state index contributed by atoms with van der Waals surface area (Å²) in [7, 11) is 0. The van der Waals surface area contributed by atoms with Crippen molar-refractivity contribution in [2.24, 2.45) is 0 Å². The molecule has 0 aromatic carbocycles. The van der Waals surface area contributed by atoms with Crippen molar-refractivity contribution in [3.63, 3.8) is 0 Å². The van der Waals surface area contributed by atoms with E-state index in [4.69, 9.17) is 0 Å². The number of nitrogens with zero attached hydrogens (tertiary/aromatic N) is 2. The van der Waals surface area contributed by atoms with Gasteiger partial charge in [0.15, 0.2) is 0 Å². The summed E-state index contributed by atoms with van der Waals surface area (Å²) in [6, 6.07) is 0. The summed E-state index contributed by atoms with van der Waals surface area (Å²) in [5, 5.41) is 16.8. The first-order valence-corrected chi connectivity index (χ1v) is 4.51. The molecule has 17 heavy (non-hydrogen) atoms. The maximum atomic E-state index is 11.2. The zero-order valence-electron chi connectivity index (χ0n) is 8.43. The van der Waals surface area contributed by atoms with Crippen LogP contribution in [0.2, 0.25) is 0 Å². The predicted octanol–water partition coefficient (Wildman–Crippen LogP) is 0.913. The lowest BCUT2D eigenvalue weighted by Gasteiger charge is -2.03. The van der Waals surface area contributed by atoms with Gasteiger partial charge in [0, 0.05) is 12.4 Å². The number of hydrogen-bond donors (Lipinski definition) is 4. The number of carbonyl (C=O) groups excluding carboxylic acids is 2. The number of carbonyl (C=O) groups is 2. The fourth-order valence-electron chi connectivity index (χ4n) is 1.01. The molecule has 0 aliphatic heterocycles. The molecule has 0 aliphatic carbocycles. The van der Waals surface area contributed by atoms with Crippen LogP contribution in [0.3, 0.4) is 0 Å². The van der Waals surface area contributed by atoms with E-state index in [2.05, 4.69) is 35.8 Å². The fraction of sp³-hybridized carbons (Fsp3) is 0. The molecular weight excluding hydrogens is 228 g/mol. The van der Waals surface area contributed by atoms with Crippen molar-refractivity contribution in [2.45, 2.75) is 0 Å². The minimum atomic E-state index is -0.910. The molecule has 2 heterocycles. The van der Waals surface area contributed by atoms with E-state index in [-0.39, 0.29) is 0 Å². The van der Waals surface area contributed by atoms with Gasteiger partial charge in [-0.3, -0.25) is 20.8 Å². The second kappa shape index (κ2) is 4.79. The van der Waals surface area contributed by atoms with Gasteiger partial charge in [-0.15, -0.1) is 0 Å². The van der Waals surface area contributed by atoms with Gasteiger partial charge < -0.3 is 4.74 Å². The second-order valence-electron chi connectivity index (χ2n) is 2.90. The number of nitrogens with one attached hydrogen (secondary N) is 4. The average Bonchev–Trinajstić information content (AvgIpc) is 2.90. The highest BCUT2D eigenvalue weighted by atomic mass is 16.6. The van der Waals surface area contributed by atoms with Gasteiger partial charge in [0.05, 0.1) is 23.8 Å². The zero-order chi connectivity index (χ0) is 12.1. The molecule has 2 amide bonds. The zero-order valence-corrected chi connectivity index (χ0v) is 8.43. The molecule has 0 fully saturated rings. The maximum Gasteiger partial charge on any atom is 0.420 e. The van der Waals surface area contributed by atoms with E-state index in [1.165, 1.54) is 24.8 Å². The second-order valence-corrected chi connectivity index (χ2v) is 2.90. The SMILES string of the molecule is O=C(Nc1cn[nH]c1)OC(=O)Nc1cn[nH]c1. The maximum absolute atomic E-state index is 11.2. The summed E-state index contributed by atoms with van der Waals surface area (Å²) in [5.74, 6) is 0. The normalized spacial score (nSPS) is 9.65. The number of hydrogen-bond acceptors (Lipinski definition) is 5. The van der Waals surface area contributed by atoms with Gasteiger partial charge in [0.2, 0.25) is 0 Å². The Morgan fingerprint density at radius 3 is 1.82 bits per heavy atom. The fourth-order valence-corrected chi connectivity index (χ4v) is 1.01. The van der Waals surface area contributed by atoms with E-state index in [1.807, 2.05) is 0 Å². The van der Waals surface area contributed by atoms with Gasteiger partial charge in [0.25, 0.3) is 0 Å². The summed E-state index contributed by atoms with van der Waals surface area (Å²) in [6.07, 6.45) is 3.80. The van der Waals surface area contributed by atoms with Crippen molar-refractivity contribution in [3.05, 3.63) is 24.8 Å². The molecule has 2 rings (SSSR count). The summed E-state index contributed by atoms with van der Waals surface area (Å²) in [4.78, 5) is 22.4. The van der Waals surface area contributed by atoms with E-state index in [9.17, 15) is 9.59 Å². The quantitative estimate of drug-likeness (QED) is 0.577. The number of aromatic nitrogens is 4. The molecule has 0 unspecified atom stereocenters. The van der Waals surface area contributed by atoms with E-state index >= 15 is 0 Å². The molecule has 0 saturated heterocycles. The smallest absolute Gasteiger partial charge is 0.359 e. The Kier molecular flexibility index (Phi) is 3.01. The topological polar surface area (TPSA) is 125 Å². The Labute approximate surface area is 94.5 Å². The predicted molar refractivity (Wildman–Crippen MR) is 56.3 cm³/mol. The third kappa shape index (κ3) is 3.06. The van der Waals surface area contributed by atoms with Gasteiger partial charge in [0.1, 0.15) is 0 Å². The van der Waals surface area contributed by atoms with Gasteiger partial charge in [-0.1, -0.05) is 0 Å². The van der Waals surface area contributed by atoms with Crippen LogP contribution in [0.25, 0.3) is 0 Å². The van der Waals surface area contributed by atoms with Crippen molar-refractivity contribution in [3.8, 4) is 0 Å². The summed E-state index contributed by atoms with van der Waals surface area (Å²) >= 11 is 0. The largest absolute Gasteiger partial charge is 0.420 e. The summed E-state index contributed by atoms with van der Waals surface area (Å²) in [6.45, 7) is 0. The molecule has 0 radical (unpaired) electrons. The van der Waals surface area contributed by atoms with E-state index in [0.717, 1.165) is 0 Å².